The summed E-state index contributed by atoms with van der Waals surface area (Å²) in [4.78, 5) is 45.9. The van der Waals surface area contributed by atoms with Crippen LogP contribution in [-0.2, 0) is 23.9 Å². The highest BCUT2D eigenvalue weighted by Gasteiger charge is 2.77. The fraction of sp³-hybridized carbons (Fsp3) is 0.500. The van der Waals surface area contributed by atoms with E-state index in [1.165, 1.54) is 4.90 Å². The second kappa shape index (κ2) is 12.9. The van der Waals surface area contributed by atoms with Crippen LogP contribution in [0.15, 0.2) is 67.8 Å². The summed E-state index contributed by atoms with van der Waals surface area (Å²) in [6, 6.07) is 12.0. The van der Waals surface area contributed by atoms with E-state index >= 15 is 0 Å². The molecular formula is C34H41BrN2O6. The summed E-state index contributed by atoms with van der Waals surface area (Å²) < 4.78 is 12.3. The molecule has 230 valence electrons. The lowest BCUT2D eigenvalue weighted by molar-refractivity contribution is -0.156. The molecule has 3 aliphatic rings. The van der Waals surface area contributed by atoms with Gasteiger partial charge >= 0.3 is 5.97 Å². The van der Waals surface area contributed by atoms with E-state index in [4.69, 9.17) is 9.47 Å². The molecule has 0 saturated carbocycles. The Hall–Kier alpha value is -3.01. The fourth-order valence-corrected chi connectivity index (χ4v) is 8.17. The average molecular weight is 654 g/mol. The number of fused-ring (bicyclic) bond motifs is 2. The minimum absolute atomic E-state index is 0.103. The van der Waals surface area contributed by atoms with Crippen LogP contribution in [0.2, 0.25) is 0 Å². The molecule has 0 aromatic heterocycles. The molecule has 3 heterocycles. The molecule has 3 fully saturated rings. The number of benzene rings is 2. The number of anilines is 1. The highest BCUT2D eigenvalue weighted by molar-refractivity contribution is 9.09. The molecule has 8 atom stereocenters. The Bertz CT molecular complexity index is 1400. The number of aliphatic hydroxyl groups is 1. The Labute approximate surface area is 261 Å². The molecule has 5 rings (SSSR count). The van der Waals surface area contributed by atoms with Crippen molar-refractivity contribution in [1.82, 2.24) is 4.90 Å². The molecule has 9 heteroatoms. The predicted octanol–water partition coefficient (Wildman–Crippen LogP) is 5.02. The smallest absolute Gasteiger partial charge is 0.312 e. The molecule has 8 nitrogen and oxygen atoms in total. The Morgan fingerprint density at radius 3 is 2.65 bits per heavy atom. The van der Waals surface area contributed by atoms with E-state index in [0.717, 1.165) is 10.8 Å². The van der Waals surface area contributed by atoms with Crippen LogP contribution in [0.3, 0.4) is 0 Å². The van der Waals surface area contributed by atoms with Gasteiger partial charge in [-0.1, -0.05) is 78.7 Å². The van der Waals surface area contributed by atoms with Crippen LogP contribution in [0.5, 0.6) is 0 Å². The lowest BCUT2D eigenvalue weighted by Crippen LogP contribution is -2.60. The second-order valence-electron chi connectivity index (χ2n) is 11.9. The van der Waals surface area contributed by atoms with Gasteiger partial charge in [0.15, 0.2) is 0 Å². The van der Waals surface area contributed by atoms with E-state index < -0.39 is 41.6 Å². The van der Waals surface area contributed by atoms with E-state index in [1.54, 1.807) is 17.1 Å². The molecule has 3 aliphatic heterocycles. The van der Waals surface area contributed by atoms with Crippen molar-refractivity contribution in [1.29, 1.82) is 0 Å². The first-order chi connectivity index (χ1) is 20.7. The number of hydrogen-bond donors (Lipinski definition) is 1. The number of hydrogen-bond acceptors (Lipinski definition) is 6. The number of allylic oxidation sites excluding steroid dienone is 1. The summed E-state index contributed by atoms with van der Waals surface area (Å²) in [7, 11) is 0. The zero-order valence-electron chi connectivity index (χ0n) is 24.9. The number of aliphatic hydroxyl groups excluding tert-OH is 1. The van der Waals surface area contributed by atoms with E-state index in [1.807, 2.05) is 56.3 Å². The molecule has 2 aromatic carbocycles. The SMILES string of the molecule is C=CCCCOC(=O)[C@H]1[C@H]2C(=O)N([C@@H](CO)[C@@H](C)CC)C(C(=O)N(CC=C)c3ccc4ccccc4c3)C23CC(Br)[C@@H]1O3. The number of carbonyl (C=O) groups is 3. The van der Waals surface area contributed by atoms with Gasteiger partial charge in [-0.25, -0.2) is 0 Å². The van der Waals surface area contributed by atoms with Gasteiger partial charge in [-0.15, -0.1) is 13.2 Å². The van der Waals surface area contributed by atoms with Gasteiger partial charge in [-0.2, -0.15) is 0 Å². The maximum absolute atomic E-state index is 14.9. The minimum Gasteiger partial charge on any atom is -0.465 e. The van der Waals surface area contributed by atoms with Gasteiger partial charge < -0.3 is 24.4 Å². The standard InChI is InChI=1S/C34H41BrN2O6/c1-5-8-11-17-42-33(41)27-28-31(39)37(26(20-38)21(4)7-3)30(34(28)19-25(35)29(27)43-34)32(40)36(16-6-2)24-15-14-22-12-9-10-13-23(22)18-24/h5-6,9-10,12-15,18,21,25-30,38H,1-2,7-8,11,16-17,19-20H2,3-4H3/t21-,25?,26-,27-,28-,29-,30?,34?/m0/s1. The zero-order chi connectivity index (χ0) is 30.9. The molecule has 2 aromatic rings. The van der Waals surface area contributed by atoms with Crippen molar-refractivity contribution in [3.63, 3.8) is 0 Å². The van der Waals surface area contributed by atoms with Crippen molar-refractivity contribution in [3.8, 4) is 0 Å². The first kappa shape index (κ1) is 31.4. The summed E-state index contributed by atoms with van der Waals surface area (Å²) in [5, 5.41) is 12.6. The quantitative estimate of drug-likeness (QED) is 0.141. The van der Waals surface area contributed by atoms with Gasteiger partial charge in [0, 0.05) is 17.1 Å². The number of alkyl halides is 1. The molecule has 0 aliphatic carbocycles. The Morgan fingerprint density at radius 2 is 1.98 bits per heavy atom. The number of amides is 2. The van der Waals surface area contributed by atoms with Crippen LogP contribution >= 0.6 is 15.9 Å². The Kier molecular flexibility index (Phi) is 9.44. The van der Waals surface area contributed by atoms with Crippen LogP contribution in [0.4, 0.5) is 5.69 Å². The molecule has 2 bridgehead atoms. The minimum atomic E-state index is -1.26. The van der Waals surface area contributed by atoms with Crippen molar-refractivity contribution in [2.75, 3.05) is 24.7 Å². The topological polar surface area (TPSA) is 96.4 Å². The van der Waals surface area contributed by atoms with Gasteiger partial charge in [-0.3, -0.25) is 14.4 Å². The molecule has 2 amide bonds. The number of carbonyl (C=O) groups excluding carboxylic acids is 3. The number of esters is 1. The lowest BCUT2D eigenvalue weighted by Gasteiger charge is -2.41. The first-order valence-electron chi connectivity index (χ1n) is 15.2. The largest absolute Gasteiger partial charge is 0.465 e. The van der Waals surface area contributed by atoms with Crippen molar-refractivity contribution >= 4 is 50.2 Å². The van der Waals surface area contributed by atoms with Gasteiger partial charge in [0.1, 0.15) is 11.6 Å². The third-order valence-corrected chi connectivity index (χ3v) is 10.3. The first-order valence-corrected chi connectivity index (χ1v) is 16.1. The molecular weight excluding hydrogens is 612 g/mol. The predicted molar refractivity (Wildman–Crippen MR) is 170 cm³/mol. The number of rotatable bonds is 13. The highest BCUT2D eigenvalue weighted by Crippen LogP contribution is 2.61. The molecule has 0 radical (unpaired) electrons. The molecule has 3 saturated heterocycles. The van der Waals surface area contributed by atoms with E-state index in [9.17, 15) is 19.5 Å². The summed E-state index contributed by atoms with van der Waals surface area (Å²) in [5.74, 6) is -3.02. The molecule has 1 N–H and O–H groups in total. The maximum atomic E-state index is 14.9. The number of unbranched alkanes of at least 4 members (excludes halogenated alkanes) is 1. The van der Waals surface area contributed by atoms with Crippen LogP contribution in [0.1, 0.15) is 39.5 Å². The summed E-state index contributed by atoms with van der Waals surface area (Å²) >= 11 is 3.72. The molecule has 43 heavy (non-hydrogen) atoms. The van der Waals surface area contributed by atoms with Crippen molar-refractivity contribution in [2.45, 2.75) is 68.1 Å². The van der Waals surface area contributed by atoms with Crippen molar-refractivity contribution in [3.05, 3.63) is 67.8 Å². The fourth-order valence-electron chi connectivity index (χ4n) is 7.23. The van der Waals surface area contributed by atoms with Gasteiger partial charge in [0.2, 0.25) is 5.91 Å². The number of halogens is 1. The molecule has 1 spiro atoms. The van der Waals surface area contributed by atoms with E-state index in [-0.39, 0.29) is 42.3 Å². The van der Waals surface area contributed by atoms with Gasteiger partial charge in [0.25, 0.3) is 5.91 Å². The maximum Gasteiger partial charge on any atom is 0.312 e. The third-order valence-electron chi connectivity index (χ3n) is 9.50. The second-order valence-corrected chi connectivity index (χ2v) is 13.1. The highest BCUT2D eigenvalue weighted by atomic mass is 79.9. The van der Waals surface area contributed by atoms with Crippen LogP contribution in [-0.4, -0.2) is 76.2 Å². The van der Waals surface area contributed by atoms with Crippen LogP contribution < -0.4 is 4.90 Å². The number of ether oxygens (including phenoxy) is 2. The third kappa shape index (κ3) is 5.34. The van der Waals surface area contributed by atoms with Gasteiger partial charge in [-0.05, 0) is 48.1 Å². The summed E-state index contributed by atoms with van der Waals surface area (Å²) in [6.07, 6.45) is 5.21. The van der Waals surface area contributed by atoms with E-state index in [0.29, 0.717) is 31.4 Å². The van der Waals surface area contributed by atoms with E-state index in [2.05, 4.69) is 29.1 Å². The Morgan fingerprint density at radius 1 is 1.23 bits per heavy atom. The van der Waals surface area contributed by atoms with Crippen molar-refractivity contribution in [2.24, 2.45) is 17.8 Å². The van der Waals surface area contributed by atoms with Crippen LogP contribution in [0, 0.1) is 17.8 Å². The van der Waals surface area contributed by atoms with Crippen molar-refractivity contribution < 1.29 is 29.0 Å². The summed E-state index contributed by atoms with van der Waals surface area (Å²) in [6.45, 7) is 11.7. The lowest BCUT2D eigenvalue weighted by atomic mass is 9.70. The van der Waals surface area contributed by atoms with Gasteiger partial charge in [0.05, 0.1) is 37.2 Å². The Balaban J connectivity index is 1.59. The molecule has 3 unspecified atom stereocenters. The summed E-state index contributed by atoms with van der Waals surface area (Å²) in [5.41, 5.74) is -0.587. The zero-order valence-corrected chi connectivity index (χ0v) is 26.4. The number of likely N-dealkylation sites (tertiary alicyclic amines) is 1. The van der Waals surface area contributed by atoms with Crippen LogP contribution in [0.25, 0.3) is 10.8 Å². The monoisotopic (exact) mass is 652 g/mol. The normalized spacial score (nSPS) is 28.9. The average Bonchev–Trinajstić information content (AvgIpc) is 3.61. The number of nitrogens with zero attached hydrogens (tertiary/aromatic N) is 2.